The van der Waals surface area contributed by atoms with Gasteiger partial charge in [0.05, 0.1) is 16.1 Å². The Morgan fingerprint density at radius 1 is 1.50 bits per heavy atom. The largest absolute Gasteiger partial charge is 0.349 e. The molecule has 18 heavy (non-hydrogen) atoms. The van der Waals surface area contributed by atoms with Crippen molar-refractivity contribution in [2.45, 2.75) is 13.0 Å². The SMILES string of the molecule is CN(C)C(=O)CCn1c(=S)[nH]c2cccc(Cl)c21. The highest BCUT2D eigenvalue weighted by molar-refractivity contribution is 7.71. The Kier molecular flexibility index (Phi) is 3.73. The number of hydrogen-bond donors (Lipinski definition) is 1. The summed E-state index contributed by atoms with van der Waals surface area (Å²) in [6.07, 6.45) is 0.402. The van der Waals surface area contributed by atoms with Gasteiger partial charge in [0.1, 0.15) is 0 Å². The van der Waals surface area contributed by atoms with E-state index >= 15 is 0 Å². The van der Waals surface area contributed by atoms with E-state index in [0.29, 0.717) is 22.8 Å². The molecule has 6 heteroatoms. The molecule has 0 saturated heterocycles. The van der Waals surface area contributed by atoms with Crippen LogP contribution in [0.5, 0.6) is 0 Å². The number of hydrogen-bond acceptors (Lipinski definition) is 2. The summed E-state index contributed by atoms with van der Waals surface area (Å²) in [7, 11) is 3.48. The molecule has 0 aliphatic heterocycles. The molecule has 1 amide bonds. The number of aromatic nitrogens is 2. The number of para-hydroxylation sites is 1. The number of H-pyrrole nitrogens is 1. The highest BCUT2D eigenvalue weighted by atomic mass is 35.5. The highest BCUT2D eigenvalue weighted by Crippen LogP contribution is 2.23. The molecular weight excluding hydrogens is 270 g/mol. The van der Waals surface area contributed by atoms with Crippen LogP contribution < -0.4 is 0 Å². The second-order valence-corrected chi connectivity index (χ2v) is 5.05. The summed E-state index contributed by atoms with van der Waals surface area (Å²) in [5.41, 5.74) is 1.75. The predicted octanol–water partition coefficient (Wildman–Crippen LogP) is 2.83. The summed E-state index contributed by atoms with van der Waals surface area (Å²) in [5.74, 6) is 0.0679. The van der Waals surface area contributed by atoms with Crippen molar-refractivity contribution < 1.29 is 4.79 Å². The van der Waals surface area contributed by atoms with Crippen molar-refractivity contribution in [3.8, 4) is 0 Å². The number of amides is 1. The maximum absolute atomic E-state index is 11.6. The van der Waals surface area contributed by atoms with Crippen molar-refractivity contribution in [1.29, 1.82) is 0 Å². The first-order chi connectivity index (χ1) is 8.50. The minimum atomic E-state index is 0.0679. The number of fused-ring (bicyclic) bond motifs is 1. The zero-order chi connectivity index (χ0) is 13.3. The van der Waals surface area contributed by atoms with Crippen LogP contribution in [0.15, 0.2) is 18.2 Å². The minimum Gasteiger partial charge on any atom is -0.349 e. The Labute approximate surface area is 115 Å². The van der Waals surface area contributed by atoms with Crippen molar-refractivity contribution in [3.63, 3.8) is 0 Å². The Hall–Kier alpha value is -1.33. The van der Waals surface area contributed by atoms with Crippen LogP contribution in [0.3, 0.4) is 0 Å². The van der Waals surface area contributed by atoms with E-state index in [1.165, 1.54) is 0 Å². The van der Waals surface area contributed by atoms with Crippen molar-refractivity contribution >= 4 is 40.8 Å². The quantitative estimate of drug-likeness (QED) is 0.880. The fraction of sp³-hybridized carbons (Fsp3) is 0.333. The molecule has 4 nitrogen and oxygen atoms in total. The van der Waals surface area contributed by atoms with Gasteiger partial charge in [-0.1, -0.05) is 17.7 Å². The molecule has 96 valence electrons. The first-order valence-electron chi connectivity index (χ1n) is 5.58. The number of nitrogens with zero attached hydrogens (tertiary/aromatic N) is 2. The number of benzene rings is 1. The molecule has 0 aliphatic rings. The van der Waals surface area contributed by atoms with E-state index in [-0.39, 0.29) is 5.91 Å². The van der Waals surface area contributed by atoms with Crippen molar-refractivity contribution in [3.05, 3.63) is 28.0 Å². The van der Waals surface area contributed by atoms with Gasteiger partial charge in [-0.3, -0.25) is 4.79 Å². The van der Waals surface area contributed by atoms with Crippen LogP contribution in [0.1, 0.15) is 6.42 Å². The molecule has 0 aliphatic carbocycles. The van der Waals surface area contributed by atoms with Crippen molar-refractivity contribution in [2.24, 2.45) is 0 Å². The average molecular weight is 284 g/mol. The molecule has 1 aromatic carbocycles. The molecular formula is C12H14ClN3OS. The van der Waals surface area contributed by atoms with Gasteiger partial charge in [-0.15, -0.1) is 0 Å². The number of rotatable bonds is 3. The van der Waals surface area contributed by atoms with E-state index in [1.807, 2.05) is 22.8 Å². The summed E-state index contributed by atoms with van der Waals surface area (Å²) in [5, 5.41) is 0.636. The second kappa shape index (κ2) is 5.12. The molecule has 2 aromatic rings. The van der Waals surface area contributed by atoms with E-state index < -0.39 is 0 Å². The smallest absolute Gasteiger partial charge is 0.223 e. The van der Waals surface area contributed by atoms with Gasteiger partial charge in [-0.05, 0) is 24.4 Å². The number of halogens is 1. The number of carbonyl (C=O) groups is 1. The molecule has 1 heterocycles. The van der Waals surface area contributed by atoms with Gasteiger partial charge in [0.15, 0.2) is 4.77 Å². The fourth-order valence-electron chi connectivity index (χ4n) is 1.82. The van der Waals surface area contributed by atoms with Gasteiger partial charge in [0, 0.05) is 27.1 Å². The summed E-state index contributed by atoms with van der Waals surface area (Å²) in [6.45, 7) is 0.527. The number of carbonyl (C=O) groups excluding carboxylic acids is 1. The van der Waals surface area contributed by atoms with Crippen LogP contribution in [-0.2, 0) is 11.3 Å². The molecule has 0 fully saturated rings. The van der Waals surface area contributed by atoms with Crippen molar-refractivity contribution in [2.75, 3.05) is 14.1 Å². The molecule has 0 unspecified atom stereocenters. The third-order valence-electron chi connectivity index (χ3n) is 2.79. The van der Waals surface area contributed by atoms with E-state index in [4.69, 9.17) is 23.8 Å². The maximum Gasteiger partial charge on any atom is 0.223 e. The molecule has 0 radical (unpaired) electrons. The van der Waals surface area contributed by atoms with Crippen LogP contribution in [0.2, 0.25) is 5.02 Å². The zero-order valence-corrected chi connectivity index (χ0v) is 11.8. The van der Waals surface area contributed by atoms with E-state index in [0.717, 1.165) is 11.0 Å². The van der Waals surface area contributed by atoms with E-state index in [9.17, 15) is 4.79 Å². The van der Waals surface area contributed by atoms with Gasteiger partial charge >= 0.3 is 0 Å². The van der Waals surface area contributed by atoms with Crippen LogP contribution in [0.25, 0.3) is 11.0 Å². The molecule has 0 saturated carbocycles. The molecule has 1 N–H and O–H groups in total. The summed E-state index contributed by atoms with van der Waals surface area (Å²) in [6, 6.07) is 5.60. The molecule has 0 bridgehead atoms. The fourth-order valence-corrected chi connectivity index (χ4v) is 2.39. The molecule has 2 rings (SSSR count). The van der Waals surface area contributed by atoms with E-state index in [2.05, 4.69) is 4.98 Å². The average Bonchev–Trinajstić information content (AvgIpc) is 2.63. The molecule has 1 aromatic heterocycles. The Bertz CT molecular complexity index is 644. The molecule has 0 spiro atoms. The van der Waals surface area contributed by atoms with Gasteiger partial charge in [0.2, 0.25) is 5.91 Å². The van der Waals surface area contributed by atoms with Crippen molar-refractivity contribution in [1.82, 2.24) is 14.5 Å². The number of imidazole rings is 1. The Morgan fingerprint density at radius 2 is 2.22 bits per heavy atom. The number of aryl methyl sites for hydroxylation is 1. The first kappa shape index (κ1) is 13.1. The predicted molar refractivity (Wildman–Crippen MR) is 75.4 cm³/mol. The van der Waals surface area contributed by atoms with Gasteiger partial charge in [-0.25, -0.2) is 0 Å². The lowest BCUT2D eigenvalue weighted by molar-refractivity contribution is -0.128. The lowest BCUT2D eigenvalue weighted by Gasteiger charge is -2.11. The number of aromatic amines is 1. The zero-order valence-electron chi connectivity index (χ0n) is 10.2. The Morgan fingerprint density at radius 3 is 2.89 bits per heavy atom. The minimum absolute atomic E-state index is 0.0679. The number of nitrogens with one attached hydrogen (secondary N) is 1. The lowest BCUT2D eigenvalue weighted by atomic mass is 10.3. The van der Waals surface area contributed by atoms with E-state index in [1.54, 1.807) is 19.0 Å². The lowest BCUT2D eigenvalue weighted by Crippen LogP contribution is -2.22. The summed E-state index contributed by atoms with van der Waals surface area (Å²) < 4.78 is 2.46. The standard InChI is InChI=1S/C12H14ClN3OS/c1-15(2)10(17)6-7-16-11-8(13)4-3-5-9(11)14-12(16)18/h3-5H,6-7H2,1-2H3,(H,14,18). The highest BCUT2D eigenvalue weighted by Gasteiger charge is 2.10. The van der Waals surface area contributed by atoms with Crippen LogP contribution in [0.4, 0.5) is 0 Å². The van der Waals surface area contributed by atoms with Crippen LogP contribution in [-0.4, -0.2) is 34.5 Å². The van der Waals surface area contributed by atoms with Gasteiger partial charge < -0.3 is 14.5 Å². The third-order valence-corrected chi connectivity index (χ3v) is 3.42. The second-order valence-electron chi connectivity index (χ2n) is 4.26. The summed E-state index contributed by atoms with van der Waals surface area (Å²) in [4.78, 5) is 16.3. The maximum atomic E-state index is 11.6. The van der Waals surface area contributed by atoms with Crippen LogP contribution in [0, 0.1) is 4.77 Å². The normalized spacial score (nSPS) is 10.8. The monoisotopic (exact) mass is 283 g/mol. The van der Waals surface area contributed by atoms with Gasteiger partial charge in [0.25, 0.3) is 0 Å². The molecule has 0 atom stereocenters. The van der Waals surface area contributed by atoms with Gasteiger partial charge in [-0.2, -0.15) is 0 Å². The first-order valence-corrected chi connectivity index (χ1v) is 6.36. The Balaban J connectivity index is 2.36. The van der Waals surface area contributed by atoms with Crippen LogP contribution >= 0.6 is 23.8 Å². The topological polar surface area (TPSA) is 41.0 Å². The summed E-state index contributed by atoms with van der Waals surface area (Å²) >= 11 is 11.4. The third kappa shape index (κ3) is 2.42.